The van der Waals surface area contributed by atoms with Crippen LogP contribution in [0.25, 0.3) is 0 Å². The van der Waals surface area contributed by atoms with Gasteiger partial charge < -0.3 is 16.4 Å². The highest BCUT2D eigenvalue weighted by atomic mass is 16.2. The number of allylic oxidation sites excluding steroid dienone is 1. The molecule has 0 spiro atoms. The average molecular weight is 281 g/mol. The number of hydrogen-bond acceptors (Lipinski definition) is 4. The van der Waals surface area contributed by atoms with E-state index in [1.807, 2.05) is 0 Å². The van der Waals surface area contributed by atoms with Gasteiger partial charge in [0.25, 0.3) is 5.56 Å². The third-order valence-corrected chi connectivity index (χ3v) is 2.59. The predicted molar refractivity (Wildman–Crippen MR) is 77.9 cm³/mol. The molecule has 1 heterocycles. The van der Waals surface area contributed by atoms with Crippen molar-refractivity contribution < 1.29 is 4.79 Å². The molecule has 110 valence electrons. The Balaban J connectivity index is 3.41. The summed E-state index contributed by atoms with van der Waals surface area (Å²) >= 11 is 0. The van der Waals surface area contributed by atoms with Crippen LogP contribution in [0.4, 0.5) is 16.3 Å². The number of aromatic nitrogens is 2. The number of nitrogens with one attached hydrogen (secondary N) is 2. The number of hydrogen-bond donors (Lipinski definition) is 3. The van der Waals surface area contributed by atoms with Gasteiger partial charge in [0.2, 0.25) is 0 Å². The molecule has 0 bridgehead atoms. The van der Waals surface area contributed by atoms with E-state index in [1.165, 1.54) is 11.6 Å². The molecule has 0 unspecified atom stereocenters. The lowest BCUT2D eigenvalue weighted by atomic mass is 10.3. The molecule has 8 nitrogen and oxygen atoms in total. The van der Waals surface area contributed by atoms with Crippen LogP contribution < -0.4 is 27.6 Å². The molecule has 0 atom stereocenters. The van der Waals surface area contributed by atoms with Crippen LogP contribution in [0.1, 0.15) is 13.8 Å². The number of carbonyl (C=O) groups is 1. The largest absolute Gasteiger partial charge is 0.383 e. The van der Waals surface area contributed by atoms with Gasteiger partial charge in [-0.25, -0.2) is 9.59 Å². The van der Waals surface area contributed by atoms with Crippen molar-refractivity contribution in [3.05, 3.63) is 33.0 Å². The molecule has 0 fully saturated rings. The first-order chi connectivity index (χ1) is 9.29. The van der Waals surface area contributed by atoms with Crippen molar-refractivity contribution in [2.24, 2.45) is 7.05 Å². The zero-order valence-electron chi connectivity index (χ0n) is 11.8. The topological polar surface area (TPSA) is 111 Å². The summed E-state index contributed by atoms with van der Waals surface area (Å²) in [6, 6.07) is -0.558. The van der Waals surface area contributed by atoms with Crippen molar-refractivity contribution in [2.75, 3.05) is 17.6 Å². The predicted octanol–water partition coefficient (Wildman–Crippen LogP) is -0.153. The van der Waals surface area contributed by atoms with Gasteiger partial charge in [-0.1, -0.05) is 12.2 Å². The van der Waals surface area contributed by atoms with Crippen molar-refractivity contribution >= 4 is 17.5 Å². The van der Waals surface area contributed by atoms with E-state index < -0.39 is 17.3 Å². The highest BCUT2D eigenvalue weighted by Crippen LogP contribution is 2.11. The zero-order valence-corrected chi connectivity index (χ0v) is 11.8. The number of carbonyl (C=O) groups excluding carboxylic acids is 1. The number of rotatable bonds is 4. The lowest BCUT2D eigenvalue weighted by molar-refractivity contribution is 0.252. The Labute approximate surface area is 115 Å². The lowest BCUT2D eigenvalue weighted by Gasteiger charge is -2.15. The molecule has 2 amide bonds. The summed E-state index contributed by atoms with van der Waals surface area (Å²) in [6.45, 7) is 7.74. The smallest absolute Gasteiger partial charge is 0.332 e. The van der Waals surface area contributed by atoms with Crippen LogP contribution in [0.5, 0.6) is 0 Å². The van der Waals surface area contributed by atoms with Gasteiger partial charge in [0, 0.05) is 20.1 Å². The monoisotopic (exact) mass is 281 g/mol. The molecule has 8 heteroatoms. The lowest BCUT2D eigenvalue weighted by Crippen LogP contribution is -2.42. The molecule has 1 aromatic rings. The first-order valence-electron chi connectivity index (χ1n) is 6.08. The van der Waals surface area contributed by atoms with Crippen molar-refractivity contribution in [1.82, 2.24) is 14.5 Å². The van der Waals surface area contributed by atoms with E-state index in [-0.39, 0.29) is 18.1 Å². The highest BCUT2D eigenvalue weighted by molar-refractivity contribution is 5.91. The summed E-state index contributed by atoms with van der Waals surface area (Å²) < 4.78 is 2.08. The first-order valence-corrected chi connectivity index (χ1v) is 6.08. The van der Waals surface area contributed by atoms with E-state index in [4.69, 9.17) is 5.73 Å². The van der Waals surface area contributed by atoms with E-state index in [0.29, 0.717) is 12.1 Å². The van der Waals surface area contributed by atoms with E-state index in [9.17, 15) is 14.4 Å². The molecule has 0 aliphatic carbocycles. The minimum Gasteiger partial charge on any atom is -0.383 e. The fourth-order valence-corrected chi connectivity index (χ4v) is 1.64. The molecule has 0 radical (unpaired) electrons. The fraction of sp³-hybridized carbons (Fsp3) is 0.417. The number of nitrogens with zero attached hydrogens (tertiary/aromatic N) is 2. The average Bonchev–Trinajstić information content (AvgIpc) is 2.37. The molecule has 0 saturated carbocycles. The van der Waals surface area contributed by atoms with Crippen molar-refractivity contribution in [3.63, 3.8) is 0 Å². The third-order valence-electron chi connectivity index (χ3n) is 2.59. The van der Waals surface area contributed by atoms with Gasteiger partial charge in [-0.3, -0.25) is 13.9 Å². The molecule has 0 aromatic carbocycles. The van der Waals surface area contributed by atoms with Crippen LogP contribution in [-0.2, 0) is 13.6 Å². The second-order valence-corrected chi connectivity index (χ2v) is 4.43. The fourth-order valence-electron chi connectivity index (χ4n) is 1.64. The minimum atomic E-state index is -0.656. The molecule has 0 aliphatic rings. The maximum atomic E-state index is 12.0. The number of anilines is 2. The van der Waals surface area contributed by atoms with Gasteiger partial charge in [-0.05, 0) is 13.8 Å². The van der Waals surface area contributed by atoms with E-state index in [2.05, 4.69) is 17.2 Å². The summed E-state index contributed by atoms with van der Waals surface area (Å²) in [6.07, 6.45) is 0. The van der Waals surface area contributed by atoms with Crippen LogP contribution in [0.3, 0.4) is 0 Å². The van der Waals surface area contributed by atoms with Gasteiger partial charge in [0.15, 0.2) is 0 Å². The molecule has 1 aromatic heterocycles. The third kappa shape index (κ3) is 3.08. The van der Waals surface area contributed by atoms with E-state index >= 15 is 0 Å². The number of urea groups is 1. The van der Waals surface area contributed by atoms with Gasteiger partial charge in [0.1, 0.15) is 11.5 Å². The summed E-state index contributed by atoms with van der Waals surface area (Å²) in [5, 5.41) is 4.85. The summed E-state index contributed by atoms with van der Waals surface area (Å²) in [4.78, 5) is 35.5. The Hall–Kier alpha value is -2.51. The van der Waals surface area contributed by atoms with Crippen molar-refractivity contribution in [2.45, 2.75) is 20.4 Å². The van der Waals surface area contributed by atoms with Crippen LogP contribution in [0.15, 0.2) is 21.7 Å². The second-order valence-electron chi connectivity index (χ2n) is 4.43. The second kappa shape index (κ2) is 6.09. The molecule has 0 aliphatic heterocycles. The molecule has 0 saturated heterocycles. The van der Waals surface area contributed by atoms with E-state index in [1.54, 1.807) is 13.8 Å². The number of nitrogens with two attached hydrogens (primary N) is 1. The van der Waals surface area contributed by atoms with E-state index in [0.717, 1.165) is 4.57 Å². The Kier molecular flexibility index (Phi) is 4.73. The van der Waals surface area contributed by atoms with Crippen molar-refractivity contribution in [3.8, 4) is 0 Å². The Morgan fingerprint density at radius 1 is 1.40 bits per heavy atom. The SMILES string of the molecule is C=C(C)Cn1c(N)c(NC(=O)NCC)c(=O)n(C)c1=O. The van der Waals surface area contributed by atoms with Gasteiger partial charge in [-0.15, -0.1) is 0 Å². The number of nitrogen functional groups attached to an aromatic ring is 1. The summed E-state index contributed by atoms with van der Waals surface area (Å²) in [5.41, 5.74) is 5.17. The Morgan fingerprint density at radius 3 is 2.50 bits per heavy atom. The van der Waals surface area contributed by atoms with Gasteiger partial charge in [0.05, 0.1) is 0 Å². The zero-order chi connectivity index (χ0) is 15.4. The summed E-state index contributed by atoms with van der Waals surface area (Å²) in [5.74, 6) is -0.0904. The maximum absolute atomic E-state index is 12.0. The molecular weight excluding hydrogens is 262 g/mol. The standard InChI is InChI=1S/C12H19N5O3/c1-5-14-11(19)15-8-9(13)17(6-7(2)3)12(20)16(4)10(8)18/h2,5-6,13H2,1,3-4H3,(H2,14,15,19). The Bertz CT molecular complexity index is 656. The summed E-state index contributed by atoms with van der Waals surface area (Å²) in [7, 11) is 1.32. The van der Waals surface area contributed by atoms with Gasteiger partial charge in [-0.2, -0.15) is 0 Å². The van der Waals surface area contributed by atoms with Crippen LogP contribution in [0, 0.1) is 0 Å². The maximum Gasteiger partial charge on any atom is 0.332 e. The normalized spacial score (nSPS) is 10.2. The van der Waals surface area contributed by atoms with Crippen LogP contribution in [-0.4, -0.2) is 21.7 Å². The van der Waals surface area contributed by atoms with Crippen molar-refractivity contribution in [1.29, 1.82) is 0 Å². The minimum absolute atomic E-state index is 0.0904. The first kappa shape index (κ1) is 15.5. The van der Waals surface area contributed by atoms with Crippen LogP contribution in [0.2, 0.25) is 0 Å². The molecule has 1 rings (SSSR count). The molecular formula is C12H19N5O3. The van der Waals surface area contributed by atoms with Gasteiger partial charge >= 0.3 is 11.7 Å². The molecule has 4 N–H and O–H groups in total. The number of amides is 2. The highest BCUT2D eigenvalue weighted by Gasteiger charge is 2.17. The molecule has 20 heavy (non-hydrogen) atoms. The quantitative estimate of drug-likeness (QED) is 0.666. The van der Waals surface area contributed by atoms with Crippen LogP contribution >= 0.6 is 0 Å². The Morgan fingerprint density at radius 2 is 2.00 bits per heavy atom.